The summed E-state index contributed by atoms with van der Waals surface area (Å²) < 4.78 is 0. The molecule has 0 spiro atoms. The summed E-state index contributed by atoms with van der Waals surface area (Å²) in [6.07, 6.45) is 8.12. The van der Waals surface area contributed by atoms with Crippen LogP contribution in [0.5, 0.6) is 0 Å². The van der Waals surface area contributed by atoms with Crippen LogP contribution >= 0.6 is 0 Å². The van der Waals surface area contributed by atoms with E-state index in [0.717, 1.165) is 5.56 Å². The minimum atomic E-state index is 0.210. The summed E-state index contributed by atoms with van der Waals surface area (Å²) in [4.78, 5) is 3.89. The molecule has 1 N–H and O–H groups in total. The zero-order valence-corrected chi connectivity index (χ0v) is 6.27. The maximum atomic E-state index is 8.48. The molecule has 1 heterocycles. The lowest BCUT2D eigenvalue weighted by atomic mass is 10.2. The zero-order chi connectivity index (χ0) is 7.94. The van der Waals surface area contributed by atoms with Crippen LogP contribution in [0.15, 0.2) is 30.6 Å². The molecule has 0 saturated carbocycles. The van der Waals surface area contributed by atoms with Gasteiger partial charge in [-0.05, 0) is 24.1 Å². The average Bonchev–Trinajstić information content (AvgIpc) is 2.07. The van der Waals surface area contributed by atoms with Gasteiger partial charge in [0.15, 0.2) is 0 Å². The number of aliphatic hydroxyl groups is 1. The fraction of sp³-hybridized carbons (Fsp3) is 0.222. The smallest absolute Gasteiger partial charge is 0.0465 e. The minimum absolute atomic E-state index is 0.210. The Bertz CT molecular complexity index is 218. The van der Waals surface area contributed by atoms with Crippen molar-refractivity contribution in [1.82, 2.24) is 4.98 Å². The Morgan fingerprint density at radius 1 is 1.36 bits per heavy atom. The molecule has 0 radical (unpaired) electrons. The summed E-state index contributed by atoms with van der Waals surface area (Å²) in [5, 5.41) is 8.48. The Morgan fingerprint density at radius 3 is 2.73 bits per heavy atom. The zero-order valence-electron chi connectivity index (χ0n) is 6.27. The molecule has 0 aliphatic carbocycles. The van der Waals surface area contributed by atoms with Crippen LogP contribution in [0.4, 0.5) is 0 Å². The lowest BCUT2D eigenvalue weighted by Crippen LogP contribution is -1.76. The number of pyridine rings is 1. The van der Waals surface area contributed by atoms with Gasteiger partial charge in [0.05, 0.1) is 0 Å². The molecule has 0 aromatic carbocycles. The second-order valence-electron chi connectivity index (χ2n) is 2.20. The van der Waals surface area contributed by atoms with Gasteiger partial charge in [0.25, 0.3) is 0 Å². The van der Waals surface area contributed by atoms with E-state index >= 15 is 0 Å². The monoisotopic (exact) mass is 149 g/mol. The van der Waals surface area contributed by atoms with E-state index < -0.39 is 0 Å². The first kappa shape index (κ1) is 7.95. The van der Waals surface area contributed by atoms with Gasteiger partial charge in [-0.2, -0.15) is 0 Å². The molecule has 2 heteroatoms. The van der Waals surface area contributed by atoms with Gasteiger partial charge in [-0.1, -0.05) is 12.2 Å². The van der Waals surface area contributed by atoms with E-state index in [-0.39, 0.29) is 6.61 Å². The summed E-state index contributed by atoms with van der Waals surface area (Å²) in [5.74, 6) is 0. The fourth-order valence-corrected chi connectivity index (χ4v) is 0.769. The Balaban J connectivity index is 2.50. The Labute approximate surface area is 66.2 Å². The molecule has 58 valence electrons. The summed E-state index contributed by atoms with van der Waals surface area (Å²) >= 11 is 0. The van der Waals surface area contributed by atoms with Crippen molar-refractivity contribution in [2.75, 3.05) is 6.61 Å². The number of aromatic nitrogens is 1. The fourth-order valence-electron chi connectivity index (χ4n) is 0.769. The molecule has 0 fully saturated rings. The molecule has 0 atom stereocenters. The Kier molecular flexibility index (Phi) is 3.35. The van der Waals surface area contributed by atoms with E-state index in [2.05, 4.69) is 4.98 Å². The first-order chi connectivity index (χ1) is 5.43. The number of hydrogen-bond acceptors (Lipinski definition) is 2. The van der Waals surface area contributed by atoms with Gasteiger partial charge in [-0.15, -0.1) is 0 Å². The van der Waals surface area contributed by atoms with Gasteiger partial charge in [-0.25, -0.2) is 0 Å². The van der Waals surface area contributed by atoms with Crippen LogP contribution < -0.4 is 0 Å². The highest BCUT2D eigenvalue weighted by molar-refractivity contribution is 5.47. The molecule has 0 unspecified atom stereocenters. The van der Waals surface area contributed by atoms with Crippen LogP contribution in [0.2, 0.25) is 0 Å². The van der Waals surface area contributed by atoms with Crippen molar-refractivity contribution >= 4 is 6.08 Å². The van der Waals surface area contributed by atoms with Gasteiger partial charge >= 0.3 is 0 Å². The van der Waals surface area contributed by atoms with Crippen LogP contribution in [0.25, 0.3) is 6.08 Å². The quantitative estimate of drug-likeness (QED) is 0.706. The molecule has 1 aromatic heterocycles. The van der Waals surface area contributed by atoms with Crippen molar-refractivity contribution in [1.29, 1.82) is 0 Å². The standard InChI is InChI=1S/C9H11NO/c11-8-2-1-3-9-4-6-10-7-5-9/h1,3-7,11H,2,8H2/b3-1-. The number of hydrogen-bond donors (Lipinski definition) is 1. The molecule has 11 heavy (non-hydrogen) atoms. The summed E-state index contributed by atoms with van der Waals surface area (Å²) in [6.45, 7) is 0.210. The molecule has 2 nitrogen and oxygen atoms in total. The van der Waals surface area contributed by atoms with Crippen LogP contribution in [0, 0.1) is 0 Å². The summed E-state index contributed by atoms with van der Waals surface area (Å²) in [6, 6.07) is 3.85. The van der Waals surface area contributed by atoms with E-state index in [1.54, 1.807) is 12.4 Å². The molecule has 1 aromatic rings. The second kappa shape index (κ2) is 4.63. The van der Waals surface area contributed by atoms with E-state index in [1.165, 1.54) is 0 Å². The van der Waals surface area contributed by atoms with Crippen LogP contribution in [0.3, 0.4) is 0 Å². The lowest BCUT2D eigenvalue weighted by Gasteiger charge is -1.89. The van der Waals surface area contributed by atoms with Crippen molar-refractivity contribution in [3.8, 4) is 0 Å². The predicted molar refractivity (Wildman–Crippen MR) is 45.0 cm³/mol. The van der Waals surface area contributed by atoms with Crippen molar-refractivity contribution < 1.29 is 5.11 Å². The molecular weight excluding hydrogens is 138 g/mol. The number of rotatable bonds is 3. The molecule has 1 rings (SSSR count). The third kappa shape index (κ3) is 2.96. The van der Waals surface area contributed by atoms with E-state index in [9.17, 15) is 0 Å². The van der Waals surface area contributed by atoms with E-state index in [4.69, 9.17) is 5.11 Å². The normalized spacial score (nSPS) is 10.6. The maximum absolute atomic E-state index is 8.48. The molecule has 0 saturated heterocycles. The third-order valence-electron chi connectivity index (χ3n) is 1.31. The molecule has 0 bridgehead atoms. The Morgan fingerprint density at radius 2 is 2.09 bits per heavy atom. The van der Waals surface area contributed by atoms with Crippen LogP contribution in [-0.4, -0.2) is 16.7 Å². The van der Waals surface area contributed by atoms with Gasteiger partial charge in [0.1, 0.15) is 0 Å². The SMILES string of the molecule is OCC/C=C\c1ccncc1. The molecule has 0 amide bonds. The van der Waals surface area contributed by atoms with Crippen LogP contribution in [0.1, 0.15) is 12.0 Å². The van der Waals surface area contributed by atoms with Crippen molar-refractivity contribution in [3.63, 3.8) is 0 Å². The largest absolute Gasteiger partial charge is 0.396 e. The van der Waals surface area contributed by atoms with Gasteiger partial charge in [-0.3, -0.25) is 4.98 Å². The van der Waals surface area contributed by atoms with Gasteiger partial charge in [0.2, 0.25) is 0 Å². The summed E-state index contributed by atoms with van der Waals surface area (Å²) in [5.41, 5.74) is 1.12. The first-order valence-electron chi connectivity index (χ1n) is 3.61. The van der Waals surface area contributed by atoms with Crippen molar-refractivity contribution in [2.24, 2.45) is 0 Å². The maximum Gasteiger partial charge on any atom is 0.0465 e. The number of nitrogens with zero attached hydrogens (tertiary/aromatic N) is 1. The average molecular weight is 149 g/mol. The second-order valence-corrected chi connectivity index (χ2v) is 2.20. The van der Waals surface area contributed by atoms with E-state index in [0.29, 0.717) is 6.42 Å². The predicted octanol–water partition coefficient (Wildman–Crippen LogP) is 1.48. The van der Waals surface area contributed by atoms with Crippen molar-refractivity contribution in [2.45, 2.75) is 6.42 Å². The third-order valence-corrected chi connectivity index (χ3v) is 1.31. The van der Waals surface area contributed by atoms with Crippen molar-refractivity contribution in [3.05, 3.63) is 36.2 Å². The van der Waals surface area contributed by atoms with E-state index in [1.807, 2.05) is 24.3 Å². The molecular formula is C9H11NO. The molecule has 0 aliphatic heterocycles. The Hall–Kier alpha value is -1.15. The summed E-state index contributed by atoms with van der Waals surface area (Å²) in [7, 11) is 0. The highest BCUT2D eigenvalue weighted by Crippen LogP contribution is 1.99. The first-order valence-corrected chi connectivity index (χ1v) is 3.61. The van der Waals surface area contributed by atoms with Crippen LogP contribution in [-0.2, 0) is 0 Å². The highest BCUT2D eigenvalue weighted by atomic mass is 16.2. The highest BCUT2D eigenvalue weighted by Gasteiger charge is 1.81. The lowest BCUT2D eigenvalue weighted by molar-refractivity contribution is 0.303. The minimum Gasteiger partial charge on any atom is -0.396 e. The topological polar surface area (TPSA) is 33.1 Å². The molecule has 0 aliphatic rings. The van der Waals surface area contributed by atoms with Gasteiger partial charge in [0, 0.05) is 19.0 Å². The van der Waals surface area contributed by atoms with Gasteiger partial charge < -0.3 is 5.11 Å². The number of aliphatic hydroxyl groups excluding tert-OH is 1.